The lowest BCUT2D eigenvalue weighted by atomic mass is 10.1. The number of ether oxygens (including phenoxy) is 2. The summed E-state index contributed by atoms with van der Waals surface area (Å²) in [6.45, 7) is 1.62. The van der Waals surface area contributed by atoms with Gasteiger partial charge in [-0.1, -0.05) is 30.1 Å². The molecule has 0 fully saturated rings. The van der Waals surface area contributed by atoms with Gasteiger partial charge in [-0.05, 0) is 18.2 Å². The Morgan fingerprint density at radius 3 is 2.70 bits per heavy atom. The van der Waals surface area contributed by atoms with E-state index in [9.17, 15) is 9.18 Å². The van der Waals surface area contributed by atoms with Crippen LogP contribution >= 0.6 is 23.2 Å². The number of nitrogens with zero attached hydrogens (tertiary/aromatic N) is 1. The van der Waals surface area contributed by atoms with E-state index in [-0.39, 0.29) is 45.0 Å². The van der Waals surface area contributed by atoms with E-state index in [0.717, 1.165) is 0 Å². The molecule has 0 radical (unpaired) electrons. The molecule has 0 atom stereocenters. The molecule has 0 saturated carbocycles. The van der Waals surface area contributed by atoms with Crippen molar-refractivity contribution in [1.29, 1.82) is 0 Å². The van der Waals surface area contributed by atoms with Crippen LogP contribution in [0.15, 0.2) is 18.2 Å². The first-order chi connectivity index (χ1) is 10.9. The van der Waals surface area contributed by atoms with E-state index >= 15 is 0 Å². The van der Waals surface area contributed by atoms with Gasteiger partial charge < -0.3 is 15.2 Å². The molecule has 1 aromatic carbocycles. The lowest BCUT2D eigenvalue weighted by Crippen LogP contribution is -2.08. The fourth-order valence-corrected chi connectivity index (χ4v) is 2.19. The highest BCUT2D eigenvalue weighted by atomic mass is 35.5. The maximum atomic E-state index is 14.5. The van der Waals surface area contributed by atoms with Crippen molar-refractivity contribution in [3.63, 3.8) is 0 Å². The fourth-order valence-electron chi connectivity index (χ4n) is 1.83. The summed E-state index contributed by atoms with van der Waals surface area (Å²) in [4.78, 5) is 15.5. The first-order valence-corrected chi connectivity index (χ1v) is 7.33. The second-order valence-corrected chi connectivity index (χ2v) is 5.27. The van der Waals surface area contributed by atoms with Crippen LogP contribution in [0.3, 0.4) is 0 Å². The van der Waals surface area contributed by atoms with Gasteiger partial charge in [-0.3, -0.25) is 4.79 Å². The minimum atomic E-state index is -0.706. The number of hydrogen-bond acceptors (Lipinski definition) is 5. The summed E-state index contributed by atoms with van der Waals surface area (Å²) in [6, 6.07) is 4.25. The third-order valence-corrected chi connectivity index (χ3v) is 3.66. The van der Waals surface area contributed by atoms with Crippen molar-refractivity contribution in [3.05, 3.63) is 34.1 Å². The van der Waals surface area contributed by atoms with Crippen molar-refractivity contribution < 1.29 is 18.7 Å². The second-order valence-electron chi connectivity index (χ2n) is 4.49. The first kappa shape index (κ1) is 17.3. The molecule has 0 aliphatic heterocycles. The van der Waals surface area contributed by atoms with E-state index in [1.807, 2.05) is 0 Å². The SMILES string of the molecule is CCC(=O)Oc1nc(-c2ccc(Cl)c(OC)c2F)cc(N)c1Cl. The van der Waals surface area contributed by atoms with Crippen LogP contribution in [0.1, 0.15) is 13.3 Å². The first-order valence-electron chi connectivity index (χ1n) is 6.58. The van der Waals surface area contributed by atoms with Crippen LogP contribution in [0.5, 0.6) is 11.6 Å². The molecule has 2 N–H and O–H groups in total. The molecule has 2 aromatic rings. The van der Waals surface area contributed by atoms with Crippen molar-refractivity contribution in [2.24, 2.45) is 0 Å². The molecule has 1 aromatic heterocycles. The molecule has 23 heavy (non-hydrogen) atoms. The van der Waals surface area contributed by atoms with Gasteiger partial charge in [0.2, 0.25) is 5.88 Å². The zero-order chi connectivity index (χ0) is 17.1. The summed E-state index contributed by atoms with van der Waals surface area (Å²) < 4.78 is 24.4. The monoisotopic (exact) mass is 358 g/mol. The molecular formula is C15H13Cl2FN2O3. The number of benzene rings is 1. The van der Waals surface area contributed by atoms with Gasteiger partial charge in [0, 0.05) is 12.0 Å². The Morgan fingerprint density at radius 2 is 2.09 bits per heavy atom. The molecule has 0 aliphatic rings. The van der Waals surface area contributed by atoms with Crippen LogP contribution in [0.2, 0.25) is 10.0 Å². The lowest BCUT2D eigenvalue weighted by molar-refractivity contribution is -0.134. The summed E-state index contributed by atoms with van der Waals surface area (Å²) in [6.07, 6.45) is 0.130. The number of carbonyl (C=O) groups excluding carboxylic acids is 1. The number of rotatable bonds is 4. The summed E-state index contributed by atoms with van der Waals surface area (Å²) >= 11 is 11.8. The van der Waals surface area contributed by atoms with Crippen LogP contribution < -0.4 is 15.2 Å². The highest BCUT2D eigenvalue weighted by Crippen LogP contribution is 2.38. The smallest absolute Gasteiger partial charge is 0.312 e. The Labute approximate surface area is 142 Å². The summed E-state index contributed by atoms with van der Waals surface area (Å²) in [5.41, 5.74) is 6.11. The number of anilines is 1. The van der Waals surface area contributed by atoms with Crippen molar-refractivity contribution in [3.8, 4) is 22.9 Å². The molecule has 0 saturated heterocycles. The molecule has 2 rings (SSSR count). The number of pyridine rings is 1. The molecule has 1 heterocycles. The normalized spacial score (nSPS) is 10.5. The molecule has 0 bridgehead atoms. The lowest BCUT2D eigenvalue weighted by Gasteiger charge is -2.12. The number of halogens is 3. The van der Waals surface area contributed by atoms with Gasteiger partial charge in [0.05, 0.1) is 23.5 Å². The molecule has 0 aliphatic carbocycles. The van der Waals surface area contributed by atoms with Crippen LogP contribution in [0.25, 0.3) is 11.3 Å². The van der Waals surface area contributed by atoms with E-state index in [1.54, 1.807) is 6.92 Å². The third kappa shape index (κ3) is 3.48. The number of nitrogens with two attached hydrogens (primary N) is 1. The predicted octanol–water partition coefficient (Wildman–Crippen LogP) is 4.10. The third-order valence-electron chi connectivity index (χ3n) is 2.98. The zero-order valence-electron chi connectivity index (χ0n) is 12.3. The number of nitrogen functional groups attached to an aromatic ring is 1. The Morgan fingerprint density at radius 1 is 1.39 bits per heavy atom. The topological polar surface area (TPSA) is 74.4 Å². The Hall–Kier alpha value is -2.05. The largest absolute Gasteiger partial charge is 0.492 e. The molecule has 122 valence electrons. The average molecular weight is 359 g/mol. The minimum Gasteiger partial charge on any atom is -0.492 e. The van der Waals surface area contributed by atoms with Gasteiger partial charge in [-0.25, -0.2) is 9.37 Å². The molecule has 0 spiro atoms. The molecular weight excluding hydrogens is 346 g/mol. The molecule has 0 unspecified atom stereocenters. The van der Waals surface area contributed by atoms with Crippen LogP contribution in [0, 0.1) is 5.82 Å². The molecule has 0 amide bonds. The van der Waals surface area contributed by atoms with Crippen LogP contribution in [-0.2, 0) is 4.79 Å². The van der Waals surface area contributed by atoms with Gasteiger partial charge in [0.1, 0.15) is 5.02 Å². The van der Waals surface area contributed by atoms with E-state index < -0.39 is 11.8 Å². The molecule has 5 nitrogen and oxygen atoms in total. The number of methoxy groups -OCH3 is 1. The average Bonchev–Trinajstić information content (AvgIpc) is 2.52. The van der Waals surface area contributed by atoms with Crippen molar-refractivity contribution in [2.75, 3.05) is 12.8 Å². The summed E-state index contributed by atoms with van der Waals surface area (Å²) in [5.74, 6) is -1.54. The maximum absolute atomic E-state index is 14.5. The zero-order valence-corrected chi connectivity index (χ0v) is 13.8. The van der Waals surface area contributed by atoms with Gasteiger partial charge >= 0.3 is 5.97 Å². The van der Waals surface area contributed by atoms with Gasteiger partial charge in [-0.2, -0.15) is 0 Å². The van der Waals surface area contributed by atoms with E-state index in [2.05, 4.69) is 4.98 Å². The van der Waals surface area contributed by atoms with E-state index in [0.29, 0.717) is 0 Å². The number of carbonyl (C=O) groups is 1. The highest BCUT2D eigenvalue weighted by Gasteiger charge is 2.19. The summed E-state index contributed by atoms with van der Waals surface area (Å²) in [5, 5.41) is 0.102. The highest BCUT2D eigenvalue weighted by molar-refractivity contribution is 6.34. The van der Waals surface area contributed by atoms with Crippen molar-refractivity contribution in [1.82, 2.24) is 4.98 Å². The minimum absolute atomic E-state index is 0.0168. The maximum Gasteiger partial charge on any atom is 0.312 e. The van der Waals surface area contributed by atoms with Crippen LogP contribution in [0.4, 0.5) is 10.1 Å². The Bertz CT molecular complexity index is 769. The number of esters is 1. The fraction of sp³-hybridized carbons (Fsp3) is 0.200. The number of aromatic nitrogens is 1. The second kappa shape index (κ2) is 7.02. The van der Waals surface area contributed by atoms with Crippen molar-refractivity contribution in [2.45, 2.75) is 13.3 Å². The van der Waals surface area contributed by atoms with Crippen LogP contribution in [-0.4, -0.2) is 18.1 Å². The number of hydrogen-bond donors (Lipinski definition) is 1. The van der Waals surface area contributed by atoms with Gasteiger partial charge in [0.25, 0.3) is 0 Å². The van der Waals surface area contributed by atoms with Gasteiger partial charge in [-0.15, -0.1) is 0 Å². The summed E-state index contributed by atoms with van der Waals surface area (Å²) in [7, 11) is 1.30. The standard InChI is InChI=1S/C15H13Cl2FN2O3/c1-3-11(21)23-15-12(17)9(19)6-10(20-15)7-4-5-8(16)14(22-2)13(7)18/h4-6H,3H2,1-2H3,(H2,19,20). The Balaban J connectivity index is 2.59. The molecule has 8 heteroatoms. The quantitative estimate of drug-likeness (QED) is 0.832. The van der Waals surface area contributed by atoms with E-state index in [4.69, 9.17) is 38.4 Å². The van der Waals surface area contributed by atoms with E-state index in [1.165, 1.54) is 25.3 Å². The van der Waals surface area contributed by atoms with Crippen molar-refractivity contribution >= 4 is 34.9 Å². The Kier molecular flexibility index (Phi) is 5.28. The van der Waals surface area contributed by atoms with Gasteiger partial charge in [0.15, 0.2) is 11.6 Å². The predicted molar refractivity (Wildman–Crippen MR) is 86.5 cm³/mol.